The van der Waals surface area contributed by atoms with Crippen LogP contribution in [0.3, 0.4) is 0 Å². The van der Waals surface area contributed by atoms with Crippen LogP contribution >= 0.6 is 11.6 Å². The highest BCUT2D eigenvalue weighted by molar-refractivity contribution is 6.33. The molecule has 0 unspecified atom stereocenters. The molecule has 2 heterocycles. The van der Waals surface area contributed by atoms with E-state index in [9.17, 15) is 4.39 Å². The lowest BCUT2D eigenvalue weighted by atomic mass is 10.1. The van der Waals surface area contributed by atoms with Crippen LogP contribution in [0.5, 0.6) is 0 Å². The first kappa shape index (κ1) is 17.6. The van der Waals surface area contributed by atoms with Crippen molar-refractivity contribution in [3.8, 4) is 11.3 Å². The Morgan fingerprint density at radius 2 is 1.85 bits per heavy atom. The minimum Gasteiger partial charge on any atom is -0.384 e. The van der Waals surface area contributed by atoms with Crippen molar-refractivity contribution in [1.82, 2.24) is 9.55 Å². The van der Waals surface area contributed by atoms with Crippen molar-refractivity contribution in [3.05, 3.63) is 83.0 Å². The van der Waals surface area contributed by atoms with Gasteiger partial charge in [-0.25, -0.2) is 4.98 Å². The Balaban J connectivity index is 1.92. The summed E-state index contributed by atoms with van der Waals surface area (Å²) in [5.74, 6) is 0.487. The van der Waals surface area contributed by atoms with Gasteiger partial charge in [-0.05, 0) is 35.9 Å². The van der Waals surface area contributed by atoms with Crippen LogP contribution in [0.4, 0.5) is 10.2 Å². The van der Waals surface area contributed by atoms with Crippen LogP contribution in [0.15, 0.2) is 66.7 Å². The van der Waals surface area contributed by atoms with E-state index in [0.717, 1.165) is 33.4 Å². The van der Waals surface area contributed by atoms with Crippen LogP contribution in [0.2, 0.25) is 5.02 Å². The van der Waals surface area contributed by atoms with Gasteiger partial charge in [0.05, 0.1) is 24.6 Å². The number of nitrogens with zero attached hydrogens (tertiary/aromatic N) is 2. The molecular formula is C22H19ClFN3. The highest BCUT2D eigenvalue weighted by Gasteiger charge is 2.14. The predicted octanol–water partition coefficient (Wildman–Crippen LogP) is 5.50. The second-order valence-electron chi connectivity index (χ2n) is 6.48. The first-order valence-corrected chi connectivity index (χ1v) is 9.18. The molecule has 0 aliphatic heterocycles. The minimum atomic E-state index is -0.375. The van der Waals surface area contributed by atoms with Gasteiger partial charge >= 0.3 is 0 Å². The van der Waals surface area contributed by atoms with Crippen molar-refractivity contribution < 1.29 is 4.39 Å². The first-order valence-electron chi connectivity index (χ1n) is 8.80. The van der Waals surface area contributed by atoms with Gasteiger partial charge in [-0.3, -0.25) is 4.39 Å². The number of aromatic nitrogens is 2. The number of hydrogen-bond acceptors (Lipinski definition) is 2. The smallest absolute Gasteiger partial charge is 0.123 e. The molecule has 2 N–H and O–H groups in total. The van der Waals surface area contributed by atoms with Gasteiger partial charge in [0.1, 0.15) is 5.82 Å². The highest BCUT2D eigenvalue weighted by atomic mass is 35.5. The Labute approximate surface area is 162 Å². The van der Waals surface area contributed by atoms with Gasteiger partial charge in [-0.2, -0.15) is 0 Å². The Morgan fingerprint density at radius 3 is 2.63 bits per heavy atom. The molecule has 27 heavy (non-hydrogen) atoms. The largest absolute Gasteiger partial charge is 0.384 e. The molecule has 0 amide bonds. The maximum Gasteiger partial charge on any atom is 0.123 e. The van der Waals surface area contributed by atoms with E-state index < -0.39 is 0 Å². The normalized spacial score (nSPS) is 11.2. The lowest BCUT2D eigenvalue weighted by Crippen LogP contribution is -2.05. The molecule has 0 fully saturated rings. The molecule has 4 aromatic rings. The second kappa shape index (κ2) is 7.41. The molecule has 2 aromatic heterocycles. The van der Waals surface area contributed by atoms with Crippen molar-refractivity contribution in [2.24, 2.45) is 0 Å². The highest BCUT2D eigenvalue weighted by Crippen LogP contribution is 2.33. The lowest BCUT2D eigenvalue weighted by molar-refractivity contribution is 0.495. The van der Waals surface area contributed by atoms with Crippen LogP contribution in [0.1, 0.15) is 11.3 Å². The van der Waals surface area contributed by atoms with E-state index >= 15 is 0 Å². The number of alkyl halides is 1. The summed E-state index contributed by atoms with van der Waals surface area (Å²) in [6.07, 6.45) is 0.402. The number of benzene rings is 2. The molecule has 0 saturated carbocycles. The van der Waals surface area contributed by atoms with E-state index in [0.29, 0.717) is 23.8 Å². The van der Waals surface area contributed by atoms with Gasteiger partial charge in [-0.15, -0.1) is 0 Å². The van der Waals surface area contributed by atoms with Crippen molar-refractivity contribution in [2.75, 3.05) is 12.4 Å². The lowest BCUT2D eigenvalue weighted by Gasteiger charge is -2.13. The zero-order valence-electron chi connectivity index (χ0n) is 14.7. The second-order valence-corrected chi connectivity index (χ2v) is 6.89. The summed E-state index contributed by atoms with van der Waals surface area (Å²) in [6, 6.07) is 21.5. The van der Waals surface area contributed by atoms with E-state index in [1.54, 1.807) is 6.07 Å². The van der Waals surface area contributed by atoms with E-state index in [-0.39, 0.29) is 6.67 Å². The fraction of sp³-hybridized carbons (Fsp3) is 0.136. The monoisotopic (exact) mass is 379 g/mol. The number of fused-ring (bicyclic) bond motifs is 1. The van der Waals surface area contributed by atoms with Gasteiger partial charge in [-0.1, -0.05) is 48.0 Å². The predicted molar refractivity (Wildman–Crippen MR) is 110 cm³/mol. The third-order valence-electron chi connectivity index (χ3n) is 4.65. The first-order chi connectivity index (χ1) is 13.2. The SMILES string of the molecule is Nc1cccc(Cn2c(-c3ccccc3Cl)cc3ccc(CCF)cc32)n1. The number of hydrogen-bond donors (Lipinski definition) is 1. The molecular weight excluding hydrogens is 361 g/mol. The molecule has 0 saturated heterocycles. The van der Waals surface area contributed by atoms with Crippen LogP contribution in [-0.4, -0.2) is 16.2 Å². The third kappa shape index (κ3) is 3.53. The molecule has 3 nitrogen and oxygen atoms in total. The number of pyridine rings is 1. The average Bonchev–Trinajstić information content (AvgIpc) is 3.00. The van der Waals surface area contributed by atoms with E-state index in [1.165, 1.54) is 0 Å². The molecule has 136 valence electrons. The van der Waals surface area contributed by atoms with Crippen molar-refractivity contribution in [2.45, 2.75) is 13.0 Å². The summed E-state index contributed by atoms with van der Waals surface area (Å²) in [5, 5.41) is 1.77. The van der Waals surface area contributed by atoms with Crippen molar-refractivity contribution in [3.63, 3.8) is 0 Å². The zero-order valence-corrected chi connectivity index (χ0v) is 15.5. The molecule has 0 spiro atoms. The molecule has 4 rings (SSSR count). The number of rotatable bonds is 5. The van der Waals surface area contributed by atoms with Crippen molar-refractivity contribution >= 4 is 28.3 Å². The van der Waals surface area contributed by atoms with Crippen LogP contribution < -0.4 is 5.73 Å². The van der Waals surface area contributed by atoms with Crippen LogP contribution in [0.25, 0.3) is 22.2 Å². The van der Waals surface area contributed by atoms with Gasteiger partial charge in [0.25, 0.3) is 0 Å². The van der Waals surface area contributed by atoms with Gasteiger partial charge < -0.3 is 10.3 Å². The molecule has 2 aromatic carbocycles. The quantitative estimate of drug-likeness (QED) is 0.497. The minimum absolute atomic E-state index is 0.375. The Bertz CT molecular complexity index is 1100. The molecule has 0 aliphatic rings. The topological polar surface area (TPSA) is 43.8 Å². The van der Waals surface area contributed by atoms with E-state index in [2.05, 4.69) is 15.6 Å². The van der Waals surface area contributed by atoms with Gasteiger partial charge in [0.2, 0.25) is 0 Å². The fourth-order valence-corrected chi connectivity index (χ4v) is 3.61. The Morgan fingerprint density at radius 1 is 1.00 bits per heavy atom. The summed E-state index contributed by atoms with van der Waals surface area (Å²) in [6.45, 7) is 0.175. The zero-order chi connectivity index (χ0) is 18.8. The summed E-state index contributed by atoms with van der Waals surface area (Å²) in [5.41, 5.74) is 10.7. The number of nitrogen functional groups attached to an aromatic ring is 1. The molecule has 5 heteroatoms. The summed E-state index contributed by atoms with van der Waals surface area (Å²) in [4.78, 5) is 4.43. The Kier molecular flexibility index (Phi) is 4.82. The van der Waals surface area contributed by atoms with E-state index in [4.69, 9.17) is 17.3 Å². The fourth-order valence-electron chi connectivity index (χ4n) is 3.38. The maximum atomic E-state index is 12.8. The van der Waals surface area contributed by atoms with Crippen molar-refractivity contribution in [1.29, 1.82) is 0 Å². The molecule has 0 aliphatic carbocycles. The standard InChI is InChI=1S/C22H19ClFN3/c23-19-6-2-1-5-18(19)21-13-16-9-8-15(10-11-24)12-20(16)27(21)14-17-4-3-7-22(25)26-17/h1-9,12-13H,10-11,14H2,(H2,25,26). The summed E-state index contributed by atoms with van der Waals surface area (Å²) < 4.78 is 15.0. The third-order valence-corrected chi connectivity index (χ3v) is 4.98. The van der Waals surface area contributed by atoms with Crippen LogP contribution in [0, 0.1) is 0 Å². The van der Waals surface area contributed by atoms with Crippen LogP contribution in [-0.2, 0) is 13.0 Å². The Hall–Kier alpha value is -2.85. The maximum absolute atomic E-state index is 12.8. The molecule has 0 bridgehead atoms. The van der Waals surface area contributed by atoms with Gasteiger partial charge in [0.15, 0.2) is 0 Å². The summed E-state index contributed by atoms with van der Waals surface area (Å²) >= 11 is 6.47. The molecule has 0 radical (unpaired) electrons. The molecule has 0 atom stereocenters. The number of aryl methyl sites for hydroxylation is 1. The number of halogens is 2. The van der Waals surface area contributed by atoms with Gasteiger partial charge in [0, 0.05) is 27.9 Å². The summed E-state index contributed by atoms with van der Waals surface area (Å²) in [7, 11) is 0. The number of anilines is 1. The van der Waals surface area contributed by atoms with E-state index in [1.807, 2.05) is 54.6 Å². The average molecular weight is 380 g/mol. The number of nitrogens with two attached hydrogens (primary N) is 1.